The molecule has 5 heteroatoms. The molecule has 0 saturated heterocycles. The highest BCUT2D eigenvalue weighted by molar-refractivity contribution is 7.80. The Bertz CT molecular complexity index is 681. The summed E-state index contributed by atoms with van der Waals surface area (Å²) in [6.45, 7) is 1.89. The minimum absolute atomic E-state index is 0.208. The lowest BCUT2D eigenvalue weighted by atomic mass is 10.1. The van der Waals surface area contributed by atoms with Crippen LogP contribution < -0.4 is 15.5 Å². The summed E-state index contributed by atoms with van der Waals surface area (Å²) in [5.74, 6) is -0.208. The Morgan fingerprint density at radius 1 is 1.05 bits per heavy atom. The molecule has 0 fully saturated rings. The Balaban J connectivity index is 1.98. The van der Waals surface area contributed by atoms with Crippen molar-refractivity contribution in [3.8, 4) is 0 Å². The zero-order valence-corrected chi connectivity index (χ0v) is 13.7. The highest BCUT2D eigenvalue weighted by Crippen LogP contribution is 2.15. The van der Waals surface area contributed by atoms with Gasteiger partial charge < -0.3 is 10.2 Å². The number of nitrogens with one attached hydrogen (secondary N) is 2. The zero-order chi connectivity index (χ0) is 16.1. The van der Waals surface area contributed by atoms with Crippen molar-refractivity contribution in [1.82, 2.24) is 5.32 Å². The van der Waals surface area contributed by atoms with Gasteiger partial charge in [0, 0.05) is 31.0 Å². The summed E-state index contributed by atoms with van der Waals surface area (Å²) in [5.41, 5.74) is 3.47. The topological polar surface area (TPSA) is 44.4 Å². The van der Waals surface area contributed by atoms with Crippen LogP contribution in [0.2, 0.25) is 0 Å². The Labute approximate surface area is 136 Å². The van der Waals surface area contributed by atoms with Crippen LogP contribution in [0.5, 0.6) is 0 Å². The fourth-order valence-corrected chi connectivity index (χ4v) is 2.21. The molecular weight excluding hydrogens is 294 g/mol. The number of thiocarbonyl (C=S) groups is 1. The van der Waals surface area contributed by atoms with Crippen LogP contribution in [-0.2, 0) is 0 Å². The van der Waals surface area contributed by atoms with Crippen LogP contribution in [-0.4, -0.2) is 25.1 Å². The molecule has 0 aromatic heterocycles. The molecule has 0 saturated carbocycles. The van der Waals surface area contributed by atoms with Gasteiger partial charge in [0.05, 0.1) is 0 Å². The Morgan fingerprint density at radius 2 is 1.68 bits per heavy atom. The second-order valence-corrected chi connectivity index (χ2v) is 5.57. The molecule has 0 radical (unpaired) electrons. The lowest BCUT2D eigenvalue weighted by Gasteiger charge is -2.14. The van der Waals surface area contributed by atoms with E-state index in [4.69, 9.17) is 12.2 Å². The normalized spacial score (nSPS) is 9.95. The van der Waals surface area contributed by atoms with Crippen LogP contribution in [0.15, 0.2) is 48.5 Å². The summed E-state index contributed by atoms with van der Waals surface area (Å²) in [6.07, 6.45) is 0. The number of hydrogen-bond acceptors (Lipinski definition) is 3. The van der Waals surface area contributed by atoms with Gasteiger partial charge in [-0.15, -0.1) is 0 Å². The summed E-state index contributed by atoms with van der Waals surface area (Å²) in [6, 6.07) is 15.2. The number of carbonyl (C=O) groups excluding carboxylic acids is 1. The van der Waals surface area contributed by atoms with Crippen molar-refractivity contribution in [1.29, 1.82) is 0 Å². The Hall–Kier alpha value is -2.40. The van der Waals surface area contributed by atoms with E-state index in [0.717, 1.165) is 16.9 Å². The average molecular weight is 313 g/mol. The van der Waals surface area contributed by atoms with E-state index < -0.39 is 0 Å². The van der Waals surface area contributed by atoms with E-state index in [1.807, 2.05) is 68.4 Å². The van der Waals surface area contributed by atoms with E-state index in [2.05, 4.69) is 10.6 Å². The van der Waals surface area contributed by atoms with Crippen molar-refractivity contribution < 1.29 is 4.79 Å². The van der Waals surface area contributed by atoms with Crippen LogP contribution in [0.3, 0.4) is 0 Å². The third kappa shape index (κ3) is 4.05. The lowest BCUT2D eigenvalue weighted by Crippen LogP contribution is -2.34. The molecule has 1 amide bonds. The van der Waals surface area contributed by atoms with Crippen molar-refractivity contribution >= 4 is 34.6 Å². The molecule has 0 unspecified atom stereocenters. The maximum atomic E-state index is 12.2. The number of hydrogen-bond donors (Lipinski definition) is 2. The van der Waals surface area contributed by atoms with E-state index in [0.29, 0.717) is 5.56 Å². The van der Waals surface area contributed by atoms with Crippen LogP contribution in [0.25, 0.3) is 0 Å². The zero-order valence-electron chi connectivity index (χ0n) is 12.9. The molecule has 0 heterocycles. The predicted octanol–water partition coefficient (Wildman–Crippen LogP) is 3.19. The van der Waals surface area contributed by atoms with Crippen LogP contribution in [0.1, 0.15) is 15.9 Å². The van der Waals surface area contributed by atoms with Crippen molar-refractivity contribution in [3.05, 3.63) is 59.7 Å². The molecule has 0 aliphatic heterocycles. The van der Waals surface area contributed by atoms with Gasteiger partial charge in [-0.3, -0.25) is 10.1 Å². The van der Waals surface area contributed by atoms with Crippen molar-refractivity contribution in [2.45, 2.75) is 6.92 Å². The maximum absolute atomic E-state index is 12.2. The number of carbonyl (C=O) groups is 1. The van der Waals surface area contributed by atoms with Crippen molar-refractivity contribution in [2.24, 2.45) is 0 Å². The number of benzene rings is 2. The average Bonchev–Trinajstić information content (AvgIpc) is 2.48. The molecule has 0 atom stereocenters. The Morgan fingerprint density at radius 3 is 2.27 bits per heavy atom. The van der Waals surface area contributed by atoms with Crippen LogP contribution in [0.4, 0.5) is 11.4 Å². The predicted molar refractivity (Wildman–Crippen MR) is 95.6 cm³/mol. The minimum Gasteiger partial charge on any atom is -0.378 e. The summed E-state index contributed by atoms with van der Waals surface area (Å²) in [5, 5.41) is 5.99. The van der Waals surface area contributed by atoms with Gasteiger partial charge in [-0.25, -0.2) is 0 Å². The molecule has 2 N–H and O–H groups in total. The van der Waals surface area contributed by atoms with Crippen molar-refractivity contribution in [3.63, 3.8) is 0 Å². The van der Waals surface area contributed by atoms with Crippen LogP contribution >= 0.6 is 12.2 Å². The quantitative estimate of drug-likeness (QED) is 0.854. The number of nitrogens with zero attached hydrogens (tertiary/aromatic N) is 1. The third-order valence-electron chi connectivity index (χ3n) is 3.26. The largest absolute Gasteiger partial charge is 0.378 e. The van der Waals surface area contributed by atoms with Crippen molar-refractivity contribution in [2.75, 3.05) is 24.3 Å². The molecule has 114 valence electrons. The van der Waals surface area contributed by atoms with Gasteiger partial charge in [-0.2, -0.15) is 0 Å². The van der Waals surface area contributed by atoms with E-state index >= 15 is 0 Å². The SMILES string of the molecule is Cc1ccccc1C(=O)NC(=S)Nc1ccc(N(C)C)cc1. The van der Waals surface area contributed by atoms with Gasteiger partial charge in [0.2, 0.25) is 0 Å². The van der Waals surface area contributed by atoms with Gasteiger partial charge in [-0.05, 0) is 55.0 Å². The molecule has 2 aromatic carbocycles. The first-order chi connectivity index (χ1) is 10.5. The van der Waals surface area contributed by atoms with Gasteiger partial charge >= 0.3 is 0 Å². The fourth-order valence-electron chi connectivity index (χ4n) is 2.00. The van der Waals surface area contributed by atoms with Gasteiger partial charge in [0.25, 0.3) is 5.91 Å². The highest BCUT2D eigenvalue weighted by Gasteiger charge is 2.10. The molecule has 4 nitrogen and oxygen atoms in total. The first-order valence-corrected chi connectivity index (χ1v) is 7.33. The molecular formula is C17H19N3OS. The summed E-state index contributed by atoms with van der Waals surface area (Å²) in [7, 11) is 3.96. The highest BCUT2D eigenvalue weighted by atomic mass is 32.1. The molecule has 2 rings (SSSR count). The number of rotatable bonds is 3. The lowest BCUT2D eigenvalue weighted by molar-refractivity contribution is 0.0977. The summed E-state index contributed by atoms with van der Waals surface area (Å²) in [4.78, 5) is 14.2. The molecule has 0 bridgehead atoms. The summed E-state index contributed by atoms with van der Waals surface area (Å²) < 4.78 is 0. The van der Waals surface area contributed by atoms with Gasteiger partial charge in [0.15, 0.2) is 5.11 Å². The number of anilines is 2. The smallest absolute Gasteiger partial charge is 0.257 e. The monoisotopic (exact) mass is 313 g/mol. The molecule has 2 aromatic rings. The van der Waals surface area contributed by atoms with Gasteiger partial charge in [0.1, 0.15) is 0 Å². The van der Waals surface area contributed by atoms with E-state index in [1.165, 1.54) is 0 Å². The molecule has 0 aliphatic carbocycles. The van der Waals surface area contributed by atoms with E-state index in [-0.39, 0.29) is 11.0 Å². The fraction of sp³-hybridized carbons (Fsp3) is 0.176. The van der Waals surface area contributed by atoms with Crippen LogP contribution in [0, 0.1) is 6.92 Å². The standard InChI is InChI=1S/C17H19N3OS/c1-12-6-4-5-7-15(12)16(21)19-17(22)18-13-8-10-14(11-9-13)20(2)3/h4-11H,1-3H3,(H2,18,19,21,22). The maximum Gasteiger partial charge on any atom is 0.257 e. The second kappa shape index (κ2) is 7.04. The number of aryl methyl sites for hydroxylation is 1. The first kappa shape index (κ1) is 16.0. The molecule has 0 spiro atoms. The second-order valence-electron chi connectivity index (χ2n) is 5.16. The van der Waals surface area contributed by atoms with E-state index in [9.17, 15) is 4.79 Å². The minimum atomic E-state index is -0.208. The molecule has 0 aliphatic rings. The Kier molecular flexibility index (Phi) is 5.12. The summed E-state index contributed by atoms with van der Waals surface area (Å²) >= 11 is 5.19. The van der Waals surface area contributed by atoms with Gasteiger partial charge in [-0.1, -0.05) is 18.2 Å². The molecule has 22 heavy (non-hydrogen) atoms. The number of amides is 1. The first-order valence-electron chi connectivity index (χ1n) is 6.92. The van der Waals surface area contributed by atoms with E-state index in [1.54, 1.807) is 6.07 Å². The third-order valence-corrected chi connectivity index (χ3v) is 3.46.